The maximum atomic E-state index is 3.99. The minimum Gasteiger partial charge on any atom is -0.309 e. The van der Waals surface area contributed by atoms with Gasteiger partial charge in [-0.2, -0.15) is 5.10 Å². The summed E-state index contributed by atoms with van der Waals surface area (Å²) in [6.45, 7) is 1.01. The van der Waals surface area contributed by atoms with Gasteiger partial charge in [0.25, 0.3) is 0 Å². The van der Waals surface area contributed by atoms with E-state index in [-0.39, 0.29) is 0 Å². The molecule has 0 saturated carbocycles. The van der Waals surface area contributed by atoms with Gasteiger partial charge in [-0.15, -0.1) is 0 Å². The number of rotatable bonds is 3. The minimum absolute atomic E-state index is 0.938. The van der Waals surface area contributed by atoms with E-state index in [2.05, 4.69) is 20.1 Å². The van der Waals surface area contributed by atoms with Crippen molar-refractivity contribution in [2.45, 2.75) is 6.42 Å². The van der Waals surface area contributed by atoms with Crippen LogP contribution in [0.1, 0.15) is 5.82 Å². The Bertz CT molecular complexity index is 168. The van der Waals surface area contributed by atoms with Gasteiger partial charge in [0.1, 0.15) is 12.2 Å². The van der Waals surface area contributed by atoms with Crippen molar-refractivity contribution >= 4 is 0 Å². The standard InChI is InChI=1S/C6H12N4/c1-10(2)4-3-6-7-5-8-9-6/h5H,3-4H2,1-2H3,(H,7,8,9). The molecule has 0 bridgehead atoms. The molecule has 56 valence electrons. The fourth-order valence-electron chi connectivity index (χ4n) is 0.681. The first-order valence-corrected chi connectivity index (χ1v) is 3.28. The summed E-state index contributed by atoms with van der Waals surface area (Å²) < 4.78 is 0. The van der Waals surface area contributed by atoms with E-state index < -0.39 is 0 Å². The smallest absolute Gasteiger partial charge is 0.137 e. The third kappa shape index (κ3) is 2.14. The van der Waals surface area contributed by atoms with Crippen molar-refractivity contribution < 1.29 is 0 Å². The number of H-pyrrole nitrogens is 1. The van der Waals surface area contributed by atoms with Crippen LogP contribution in [-0.2, 0) is 6.42 Å². The molecule has 10 heavy (non-hydrogen) atoms. The monoisotopic (exact) mass is 140 g/mol. The fraction of sp³-hybridized carbons (Fsp3) is 0.667. The van der Waals surface area contributed by atoms with Crippen molar-refractivity contribution in [1.82, 2.24) is 20.1 Å². The molecule has 0 radical (unpaired) electrons. The number of likely N-dealkylation sites (N-methyl/N-ethyl adjacent to an activating group) is 1. The molecule has 0 aromatic carbocycles. The van der Waals surface area contributed by atoms with Gasteiger partial charge in [-0.25, -0.2) is 4.98 Å². The van der Waals surface area contributed by atoms with Crippen molar-refractivity contribution in [3.05, 3.63) is 12.2 Å². The number of aromatic amines is 1. The maximum Gasteiger partial charge on any atom is 0.137 e. The zero-order valence-electron chi connectivity index (χ0n) is 6.33. The highest BCUT2D eigenvalue weighted by molar-refractivity contribution is 4.80. The van der Waals surface area contributed by atoms with Gasteiger partial charge >= 0.3 is 0 Å². The number of hydrogen-bond donors (Lipinski definition) is 1. The lowest BCUT2D eigenvalue weighted by molar-refractivity contribution is 0.410. The first kappa shape index (κ1) is 7.21. The molecule has 0 saturated heterocycles. The molecular weight excluding hydrogens is 128 g/mol. The van der Waals surface area contributed by atoms with Crippen LogP contribution in [0.3, 0.4) is 0 Å². The highest BCUT2D eigenvalue weighted by Crippen LogP contribution is 1.87. The summed E-state index contributed by atoms with van der Waals surface area (Å²) in [5.41, 5.74) is 0. The zero-order valence-corrected chi connectivity index (χ0v) is 6.33. The molecule has 0 amide bonds. The largest absolute Gasteiger partial charge is 0.309 e. The van der Waals surface area contributed by atoms with Gasteiger partial charge in [0.15, 0.2) is 0 Å². The van der Waals surface area contributed by atoms with Crippen LogP contribution in [0.2, 0.25) is 0 Å². The zero-order chi connectivity index (χ0) is 7.40. The minimum atomic E-state index is 0.938. The van der Waals surface area contributed by atoms with Gasteiger partial charge in [-0.05, 0) is 14.1 Å². The Balaban J connectivity index is 2.28. The predicted molar refractivity (Wildman–Crippen MR) is 38.6 cm³/mol. The van der Waals surface area contributed by atoms with Crippen molar-refractivity contribution in [3.8, 4) is 0 Å². The molecule has 0 aliphatic heterocycles. The van der Waals surface area contributed by atoms with Crippen LogP contribution in [-0.4, -0.2) is 40.7 Å². The van der Waals surface area contributed by atoms with E-state index in [1.54, 1.807) is 0 Å². The van der Waals surface area contributed by atoms with Gasteiger partial charge in [0, 0.05) is 13.0 Å². The van der Waals surface area contributed by atoms with Crippen LogP contribution in [0.25, 0.3) is 0 Å². The van der Waals surface area contributed by atoms with E-state index >= 15 is 0 Å². The summed E-state index contributed by atoms with van der Waals surface area (Å²) in [5.74, 6) is 0.953. The number of nitrogens with one attached hydrogen (secondary N) is 1. The summed E-state index contributed by atoms with van der Waals surface area (Å²) in [4.78, 5) is 6.11. The Kier molecular flexibility index (Phi) is 2.39. The van der Waals surface area contributed by atoms with Crippen molar-refractivity contribution in [1.29, 1.82) is 0 Å². The molecule has 1 rings (SSSR count). The first-order chi connectivity index (χ1) is 4.79. The summed E-state index contributed by atoms with van der Waals surface area (Å²) in [6, 6.07) is 0. The normalized spacial score (nSPS) is 10.7. The van der Waals surface area contributed by atoms with E-state index in [0.717, 1.165) is 18.8 Å². The van der Waals surface area contributed by atoms with Crippen LogP contribution in [0.5, 0.6) is 0 Å². The number of hydrogen-bond acceptors (Lipinski definition) is 3. The summed E-state index contributed by atoms with van der Waals surface area (Å²) in [7, 11) is 4.08. The van der Waals surface area contributed by atoms with Gasteiger partial charge < -0.3 is 4.90 Å². The second kappa shape index (κ2) is 3.31. The Labute approximate surface area is 60.3 Å². The first-order valence-electron chi connectivity index (χ1n) is 3.28. The van der Waals surface area contributed by atoms with E-state index in [1.165, 1.54) is 6.33 Å². The average molecular weight is 140 g/mol. The second-order valence-corrected chi connectivity index (χ2v) is 2.49. The molecule has 1 N–H and O–H groups in total. The van der Waals surface area contributed by atoms with Crippen LogP contribution in [0.15, 0.2) is 6.33 Å². The molecule has 0 fully saturated rings. The van der Waals surface area contributed by atoms with Crippen molar-refractivity contribution in [2.75, 3.05) is 20.6 Å². The molecule has 4 heteroatoms. The van der Waals surface area contributed by atoms with Crippen LogP contribution in [0, 0.1) is 0 Å². The highest BCUT2D eigenvalue weighted by atomic mass is 15.2. The number of aromatic nitrogens is 3. The van der Waals surface area contributed by atoms with Crippen LogP contribution >= 0.6 is 0 Å². The molecule has 0 aliphatic carbocycles. The summed E-state index contributed by atoms with van der Waals surface area (Å²) in [6.07, 6.45) is 2.47. The molecular formula is C6H12N4. The molecule has 0 unspecified atom stereocenters. The van der Waals surface area contributed by atoms with Crippen LogP contribution < -0.4 is 0 Å². The van der Waals surface area contributed by atoms with Crippen molar-refractivity contribution in [2.24, 2.45) is 0 Å². The second-order valence-electron chi connectivity index (χ2n) is 2.49. The molecule has 0 spiro atoms. The lowest BCUT2D eigenvalue weighted by Crippen LogP contribution is -2.15. The van der Waals surface area contributed by atoms with E-state index in [9.17, 15) is 0 Å². The number of nitrogens with zero attached hydrogens (tertiary/aromatic N) is 3. The fourth-order valence-corrected chi connectivity index (χ4v) is 0.681. The quantitative estimate of drug-likeness (QED) is 0.638. The molecule has 1 aromatic rings. The third-order valence-electron chi connectivity index (χ3n) is 1.26. The molecule has 1 heterocycles. The predicted octanol–water partition coefficient (Wildman–Crippen LogP) is -0.0912. The molecule has 1 aromatic heterocycles. The lowest BCUT2D eigenvalue weighted by Gasteiger charge is -2.05. The summed E-state index contributed by atoms with van der Waals surface area (Å²) >= 11 is 0. The Hall–Kier alpha value is -0.900. The van der Waals surface area contributed by atoms with Crippen molar-refractivity contribution in [3.63, 3.8) is 0 Å². The van der Waals surface area contributed by atoms with Gasteiger partial charge in [-0.1, -0.05) is 0 Å². The van der Waals surface area contributed by atoms with E-state index in [1.807, 2.05) is 14.1 Å². The van der Waals surface area contributed by atoms with Gasteiger partial charge in [0.2, 0.25) is 0 Å². The average Bonchev–Trinajstić information content (AvgIpc) is 2.34. The SMILES string of the molecule is CN(C)CCc1ncn[nH]1. The van der Waals surface area contributed by atoms with E-state index in [0.29, 0.717) is 0 Å². The van der Waals surface area contributed by atoms with Gasteiger partial charge in [-0.3, -0.25) is 5.10 Å². The Morgan fingerprint density at radius 3 is 2.90 bits per heavy atom. The third-order valence-corrected chi connectivity index (χ3v) is 1.26. The van der Waals surface area contributed by atoms with Crippen LogP contribution in [0.4, 0.5) is 0 Å². The summed E-state index contributed by atoms with van der Waals surface area (Å²) in [5, 5.41) is 6.55. The molecule has 0 aliphatic rings. The lowest BCUT2D eigenvalue weighted by atomic mass is 10.4. The Morgan fingerprint density at radius 1 is 1.60 bits per heavy atom. The highest BCUT2D eigenvalue weighted by Gasteiger charge is 1.94. The molecule has 0 atom stereocenters. The van der Waals surface area contributed by atoms with Gasteiger partial charge in [0.05, 0.1) is 0 Å². The Morgan fingerprint density at radius 2 is 2.40 bits per heavy atom. The maximum absolute atomic E-state index is 3.99. The topological polar surface area (TPSA) is 44.8 Å². The van der Waals surface area contributed by atoms with E-state index in [4.69, 9.17) is 0 Å². The molecule has 4 nitrogen and oxygen atoms in total.